The third-order valence-electron chi connectivity index (χ3n) is 18.0. The highest BCUT2D eigenvalue weighted by Gasteiger charge is 2.43. The highest BCUT2D eigenvalue weighted by molar-refractivity contribution is 6.20. The Morgan fingerprint density at radius 3 is 1.17 bits per heavy atom. The molecule has 12 rings (SSSR count). The molecule has 10 nitrogen and oxygen atoms in total. The van der Waals surface area contributed by atoms with Crippen molar-refractivity contribution in [2.75, 3.05) is 0 Å². The third kappa shape index (κ3) is 10.7. The molecular weight excluding hydrogens is 1110 g/mol. The molecule has 0 radical (unpaired) electrons. The summed E-state index contributed by atoms with van der Waals surface area (Å²) in [5.74, 6) is -7.30. The number of alkyl halides is 4. The number of hydrogen-bond acceptors (Lipinski definition) is 6. The average Bonchev–Trinajstić information content (AvgIpc) is 1.57. The lowest BCUT2D eigenvalue weighted by atomic mass is 9.79. The van der Waals surface area contributed by atoms with Crippen molar-refractivity contribution >= 4 is 55.4 Å². The zero-order chi connectivity index (χ0) is 61.7. The second-order valence-electron chi connectivity index (χ2n) is 24.9. The van der Waals surface area contributed by atoms with Crippen LogP contribution in [0, 0.1) is 51.2 Å². The maximum absolute atomic E-state index is 16.8. The van der Waals surface area contributed by atoms with Gasteiger partial charge in [0.1, 0.15) is 11.5 Å². The van der Waals surface area contributed by atoms with E-state index < -0.39 is 58.6 Å². The van der Waals surface area contributed by atoms with E-state index in [0.717, 1.165) is 33.4 Å². The van der Waals surface area contributed by atoms with Crippen LogP contribution < -0.4 is 11.5 Å². The van der Waals surface area contributed by atoms with E-state index in [1.54, 1.807) is 36.8 Å². The zero-order valence-electron chi connectivity index (χ0n) is 49.4. The molecule has 2 fully saturated rings. The molecule has 0 bridgehead atoms. The molecule has 0 saturated heterocycles. The van der Waals surface area contributed by atoms with Crippen LogP contribution in [0.15, 0.2) is 131 Å². The molecule has 6 aromatic carbocycles. The van der Waals surface area contributed by atoms with Gasteiger partial charge in [0.15, 0.2) is 11.6 Å². The first-order valence-corrected chi connectivity index (χ1v) is 29.2. The second kappa shape index (κ2) is 22.0. The number of nitrogens with two attached hydrogens (primary N) is 2. The summed E-state index contributed by atoms with van der Waals surface area (Å²) in [6.45, 7) is 13.5. The monoisotopic (exact) mass is 1180 g/mol. The van der Waals surface area contributed by atoms with Gasteiger partial charge in [-0.25, -0.2) is 26.3 Å². The topological polar surface area (TPSA) is 163 Å². The van der Waals surface area contributed by atoms with Crippen molar-refractivity contribution in [2.45, 2.75) is 142 Å². The number of benzene rings is 6. The molecule has 2 aliphatic rings. The number of rotatable bonds is 12. The number of hydrogen-bond donors (Lipinski definition) is 4. The van der Waals surface area contributed by atoms with E-state index in [1.807, 2.05) is 110 Å². The molecule has 2 aliphatic carbocycles. The molecule has 6 N–H and O–H groups in total. The Morgan fingerprint density at radius 1 is 0.547 bits per heavy atom. The summed E-state index contributed by atoms with van der Waals surface area (Å²) in [5.41, 5.74) is 17.4. The van der Waals surface area contributed by atoms with E-state index in [4.69, 9.17) is 20.3 Å². The van der Waals surface area contributed by atoms with Crippen LogP contribution >= 0.6 is 0 Å². The minimum atomic E-state index is -2.75. The number of fused-ring (bicyclic) bond motifs is 6. The van der Waals surface area contributed by atoms with Crippen molar-refractivity contribution < 1.29 is 55.0 Å². The van der Waals surface area contributed by atoms with Crippen molar-refractivity contribution in [1.29, 1.82) is 0 Å². The Kier molecular flexibility index (Phi) is 15.3. The third-order valence-corrected chi connectivity index (χ3v) is 18.0. The summed E-state index contributed by atoms with van der Waals surface area (Å²) in [6.07, 6.45) is 3.18. The first kappa shape index (κ1) is 59.6. The number of furan rings is 2. The summed E-state index contributed by atoms with van der Waals surface area (Å²) < 4.78 is 106. The second-order valence-corrected chi connectivity index (χ2v) is 24.9. The van der Waals surface area contributed by atoms with E-state index in [0.29, 0.717) is 55.2 Å². The first-order chi connectivity index (χ1) is 40.6. The van der Waals surface area contributed by atoms with Crippen LogP contribution in [0.2, 0.25) is 0 Å². The summed E-state index contributed by atoms with van der Waals surface area (Å²) in [4.78, 5) is 26.1. The van der Waals surface area contributed by atoms with Gasteiger partial charge in [0.2, 0.25) is 23.7 Å². The summed E-state index contributed by atoms with van der Waals surface area (Å²) in [6, 6.07) is 31.6. The lowest BCUT2D eigenvalue weighted by molar-refractivity contribution is -0.0498. The molecule has 4 aromatic heterocycles. The number of amides is 2. The lowest BCUT2D eigenvalue weighted by Crippen LogP contribution is -2.30. The largest absolute Gasteiger partial charge is 0.469 e. The number of halogens is 6. The number of nitrogens with zero attached hydrogens (tertiary/aromatic N) is 2. The maximum Gasteiger partial charge on any atom is 0.249 e. The van der Waals surface area contributed by atoms with Crippen LogP contribution in [0.1, 0.15) is 157 Å². The van der Waals surface area contributed by atoms with Crippen LogP contribution in [0.5, 0.6) is 0 Å². The molecule has 2 amide bonds. The molecule has 0 aliphatic heterocycles. The Hall–Kier alpha value is -8.08. The fourth-order valence-electron chi connectivity index (χ4n) is 14.0. The van der Waals surface area contributed by atoms with Crippen molar-refractivity contribution in [3.05, 3.63) is 189 Å². The van der Waals surface area contributed by atoms with Gasteiger partial charge in [0.05, 0.1) is 57.9 Å². The van der Waals surface area contributed by atoms with E-state index in [1.165, 1.54) is 39.8 Å². The molecule has 16 heteroatoms. The van der Waals surface area contributed by atoms with Crippen LogP contribution in [0.3, 0.4) is 0 Å². The number of aliphatic hydroxyl groups is 2. The summed E-state index contributed by atoms with van der Waals surface area (Å²) in [5, 5.41) is 23.7. The molecule has 86 heavy (non-hydrogen) atoms. The average molecular weight is 1180 g/mol. The van der Waals surface area contributed by atoms with E-state index >= 15 is 8.78 Å². The number of primary amides is 2. The van der Waals surface area contributed by atoms with Gasteiger partial charge in [-0.1, -0.05) is 84.9 Å². The number of carbonyl (C=O) groups is 2. The minimum Gasteiger partial charge on any atom is -0.469 e. The predicted octanol–water partition coefficient (Wildman–Crippen LogP) is 17.1. The molecule has 4 heterocycles. The molecule has 10 aromatic rings. The quantitative estimate of drug-likeness (QED) is 0.0890. The van der Waals surface area contributed by atoms with Gasteiger partial charge >= 0.3 is 0 Å². The molecule has 2 unspecified atom stereocenters. The normalized spacial score (nSPS) is 16.7. The Morgan fingerprint density at radius 2 is 0.884 bits per heavy atom. The molecule has 448 valence electrons. The summed E-state index contributed by atoms with van der Waals surface area (Å²) in [7, 11) is 0. The molecular formula is C70H70F6N4O6. The van der Waals surface area contributed by atoms with Crippen LogP contribution in [-0.2, 0) is 11.2 Å². The first-order valence-electron chi connectivity index (χ1n) is 29.2. The van der Waals surface area contributed by atoms with Crippen molar-refractivity contribution in [3.63, 3.8) is 0 Å². The Bertz CT molecular complexity index is 3940. The molecule has 0 spiro atoms. The van der Waals surface area contributed by atoms with Crippen LogP contribution in [0.25, 0.3) is 65.9 Å². The van der Waals surface area contributed by atoms with Gasteiger partial charge in [0, 0.05) is 80.6 Å². The molecule has 2 atom stereocenters. The highest BCUT2D eigenvalue weighted by atomic mass is 19.3. The lowest BCUT2D eigenvalue weighted by Gasteiger charge is -2.36. The highest BCUT2D eigenvalue weighted by Crippen LogP contribution is 2.51. The fourth-order valence-corrected chi connectivity index (χ4v) is 14.0. The minimum absolute atomic E-state index is 0.0911. The van der Waals surface area contributed by atoms with E-state index in [2.05, 4.69) is 0 Å². The SMILES string of the molecule is Cc1coc(C)c1-c1cc(C(N)=O)c2c3ccc(C(C)(C)O)c(F)c3n(C(c3ccccc3)C3CCC(F)(F)CC3)c2c1.Cc1coc(C)c1-c1cc(C(N)=O)c2c3ccc(C(C)(C)O)c(F)c3n(C(c3ccccc3)C3CCC(F)(F)CC3)c2c1. The Labute approximate surface area is 494 Å². The fraction of sp³-hybridized carbons (Fsp3) is 0.343. The van der Waals surface area contributed by atoms with Gasteiger partial charge in [-0.2, -0.15) is 0 Å². The molecule has 2 saturated carbocycles. The van der Waals surface area contributed by atoms with Gasteiger partial charge < -0.3 is 39.6 Å². The van der Waals surface area contributed by atoms with Crippen molar-refractivity contribution in [2.24, 2.45) is 23.3 Å². The summed E-state index contributed by atoms with van der Waals surface area (Å²) >= 11 is 0. The van der Waals surface area contributed by atoms with E-state index in [-0.39, 0.29) is 96.5 Å². The predicted molar refractivity (Wildman–Crippen MR) is 324 cm³/mol. The van der Waals surface area contributed by atoms with Gasteiger partial charge in [0.25, 0.3) is 0 Å². The van der Waals surface area contributed by atoms with Crippen LogP contribution in [-0.4, -0.2) is 43.0 Å². The smallest absolute Gasteiger partial charge is 0.249 e. The van der Waals surface area contributed by atoms with E-state index in [9.17, 15) is 37.4 Å². The van der Waals surface area contributed by atoms with Crippen LogP contribution in [0.4, 0.5) is 26.3 Å². The van der Waals surface area contributed by atoms with Gasteiger partial charge in [-0.15, -0.1) is 0 Å². The van der Waals surface area contributed by atoms with Gasteiger partial charge in [-0.3, -0.25) is 9.59 Å². The Balaban J connectivity index is 0.000000179. The number of aryl methyl sites for hydroxylation is 4. The van der Waals surface area contributed by atoms with Crippen molar-refractivity contribution in [3.8, 4) is 22.3 Å². The van der Waals surface area contributed by atoms with Gasteiger partial charge in [-0.05, 0) is 151 Å². The zero-order valence-corrected chi connectivity index (χ0v) is 49.4. The maximum atomic E-state index is 16.8. The standard InChI is InChI=1S/2C35H35F3N2O3/c2*1-19-18-43-20(2)28(19)23-16-25(33(39)41)29-24-10-11-26(34(3,4)42)30(36)32(24)40(27(29)17-23)31(21-8-6-5-7-9-21)22-12-14-35(37,38)15-13-22/h2*5-11,16-18,22,31,42H,12-15H2,1-4H3,(H2,39,41). The number of carbonyl (C=O) groups excluding carboxylic acids is 2. The number of aromatic nitrogens is 2. The van der Waals surface area contributed by atoms with Crippen molar-refractivity contribution in [1.82, 2.24) is 9.13 Å².